The monoisotopic (exact) mass is 459 g/mol. The fourth-order valence-corrected chi connectivity index (χ4v) is 3.43. The van der Waals surface area contributed by atoms with Crippen LogP contribution in [0.3, 0.4) is 0 Å². The number of carbonyl (C=O) groups excluding carboxylic acids is 4. The second-order valence-corrected chi connectivity index (χ2v) is 7.57. The number of benzene rings is 2. The third kappa shape index (κ3) is 5.76. The van der Waals surface area contributed by atoms with Gasteiger partial charge in [-0.1, -0.05) is 11.6 Å². The predicted octanol–water partition coefficient (Wildman–Crippen LogP) is 2.84. The lowest BCUT2D eigenvalue weighted by molar-refractivity contribution is -0.151. The van der Waals surface area contributed by atoms with Gasteiger partial charge in [0, 0.05) is 36.3 Å². The Morgan fingerprint density at radius 1 is 1.09 bits per heavy atom. The Hall–Kier alpha value is -3.59. The summed E-state index contributed by atoms with van der Waals surface area (Å²) in [6.45, 7) is 1.00. The number of ether oxygens (including phenoxy) is 2. The maximum atomic E-state index is 12.5. The van der Waals surface area contributed by atoms with E-state index in [2.05, 4.69) is 10.6 Å². The molecular weight excluding hydrogens is 438 g/mol. The summed E-state index contributed by atoms with van der Waals surface area (Å²) < 4.78 is 10.4. The van der Waals surface area contributed by atoms with E-state index in [0.717, 1.165) is 0 Å². The van der Waals surface area contributed by atoms with Gasteiger partial charge in [0.05, 0.1) is 18.7 Å². The molecule has 0 aromatic heterocycles. The third-order valence-electron chi connectivity index (χ3n) is 4.72. The van der Waals surface area contributed by atoms with Crippen molar-refractivity contribution in [3.63, 3.8) is 0 Å². The highest BCUT2D eigenvalue weighted by atomic mass is 35.5. The normalized spacial score (nSPS) is 15.3. The van der Waals surface area contributed by atoms with Gasteiger partial charge < -0.3 is 25.0 Å². The molecule has 10 heteroatoms. The molecule has 0 saturated carbocycles. The van der Waals surface area contributed by atoms with Gasteiger partial charge in [-0.3, -0.25) is 19.2 Å². The number of nitrogens with one attached hydrogen (secondary N) is 2. The highest BCUT2D eigenvalue weighted by molar-refractivity contribution is 6.31. The SMILES string of the molecule is COc1ccc(Cl)cc1N1C[C@H](C(=O)OCC(=O)Nc2ccc(NC(C)=O)cc2)CC1=O. The molecular formula is C22H22ClN3O6. The second kappa shape index (κ2) is 10.1. The van der Waals surface area contributed by atoms with Crippen LogP contribution in [0, 0.1) is 5.92 Å². The topological polar surface area (TPSA) is 114 Å². The Bertz CT molecular complexity index is 1040. The van der Waals surface area contributed by atoms with Crippen molar-refractivity contribution in [1.82, 2.24) is 0 Å². The maximum absolute atomic E-state index is 12.5. The number of rotatable bonds is 7. The smallest absolute Gasteiger partial charge is 0.311 e. The van der Waals surface area contributed by atoms with Gasteiger partial charge >= 0.3 is 5.97 Å². The first kappa shape index (κ1) is 23.1. The van der Waals surface area contributed by atoms with Gasteiger partial charge in [0.15, 0.2) is 6.61 Å². The number of methoxy groups -OCH3 is 1. The van der Waals surface area contributed by atoms with Crippen molar-refractivity contribution in [2.75, 3.05) is 35.8 Å². The molecule has 2 aromatic carbocycles. The Kier molecular flexibility index (Phi) is 7.32. The molecule has 1 aliphatic heterocycles. The van der Waals surface area contributed by atoms with E-state index in [9.17, 15) is 19.2 Å². The molecule has 1 saturated heterocycles. The molecule has 1 aliphatic rings. The Morgan fingerprint density at radius 2 is 1.75 bits per heavy atom. The number of anilines is 3. The number of hydrogen-bond donors (Lipinski definition) is 2. The average molecular weight is 460 g/mol. The van der Waals surface area contributed by atoms with Crippen LogP contribution in [0.2, 0.25) is 5.02 Å². The quantitative estimate of drug-likeness (QED) is 0.615. The summed E-state index contributed by atoms with van der Waals surface area (Å²) in [5, 5.41) is 5.65. The minimum atomic E-state index is -0.712. The van der Waals surface area contributed by atoms with Crippen molar-refractivity contribution < 1.29 is 28.7 Å². The van der Waals surface area contributed by atoms with Crippen molar-refractivity contribution in [2.24, 2.45) is 5.92 Å². The van der Waals surface area contributed by atoms with Crippen LogP contribution in [0.5, 0.6) is 5.75 Å². The molecule has 0 radical (unpaired) electrons. The predicted molar refractivity (Wildman–Crippen MR) is 119 cm³/mol. The molecule has 2 N–H and O–H groups in total. The van der Waals surface area contributed by atoms with Gasteiger partial charge in [0.1, 0.15) is 5.75 Å². The first-order valence-corrected chi connectivity index (χ1v) is 10.1. The number of halogens is 1. The van der Waals surface area contributed by atoms with E-state index in [-0.39, 0.29) is 24.8 Å². The van der Waals surface area contributed by atoms with E-state index in [0.29, 0.717) is 27.8 Å². The molecule has 1 atom stereocenters. The molecule has 1 fully saturated rings. The lowest BCUT2D eigenvalue weighted by Gasteiger charge is -2.19. The molecule has 0 unspecified atom stereocenters. The van der Waals surface area contributed by atoms with Gasteiger partial charge in [-0.15, -0.1) is 0 Å². The van der Waals surface area contributed by atoms with E-state index >= 15 is 0 Å². The summed E-state index contributed by atoms with van der Waals surface area (Å²) in [6, 6.07) is 11.4. The van der Waals surface area contributed by atoms with E-state index in [1.165, 1.54) is 18.9 Å². The van der Waals surface area contributed by atoms with E-state index in [4.69, 9.17) is 21.1 Å². The molecule has 168 valence electrons. The van der Waals surface area contributed by atoms with Crippen LogP contribution in [0.4, 0.5) is 17.1 Å². The minimum Gasteiger partial charge on any atom is -0.495 e. The average Bonchev–Trinajstić information content (AvgIpc) is 3.14. The summed E-state index contributed by atoms with van der Waals surface area (Å²) in [5.41, 5.74) is 1.55. The van der Waals surface area contributed by atoms with Gasteiger partial charge in [-0.05, 0) is 42.5 Å². The molecule has 0 bridgehead atoms. The van der Waals surface area contributed by atoms with Gasteiger partial charge in [-0.25, -0.2) is 0 Å². The second-order valence-electron chi connectivity index (χ2n) is 7.14. The summed E-state index contributed by atoms with van der Waals surface area (Å²) in [6.07, 6.45) is -0.0409. The van der Waals surface area contributed by atoms with Crippen LogP contribution in [0.15, 0.2) is 42.5 Å². The number of hydrogen-bond acceptors (Lipinski definition) is 6. The van der Waals surface area contributed by atoms with E-state index in [1.807, 2.05) is 0 Å². The molecule has 3 rings (SSSR count). The van der Waals surface area contributed by atoms with Crippen LogP contribution in [0.1, 0.15) is 13.3 Å². The maximum Gasteiger partial charge on any atom is 0.311 e. The fourth-order valence-electron chi connectivity index (χ4n) is 3.26. The van der Waals surface area contributed by atoms with E-state index < -0.39 is 24.4 Å². The Morgan fingerprint density at radius 3 is 2.38 bits per heavy atom. The zero-order valence-electron chi connectivity index (χ0n) is 17.5. The molecule has 9 nitrogen and oxygen atoms in total. The molecule has 1 heterocycles. The summed E-state index contributed by atoms with van der Waals surface area (Å²) in [5.74, 6) is -1.89. The summed E-state index contributed by atoms with van der Waals surface area (Å²) in [7, 11) is 1.48. The standard InChI is InChI=1S/C22H22ClN3O6/c1-13(27)24-16-4-6-17(7-5-16)25-20(28)12-32-22(30)14-9-21(29)26(11-14)18-10-15(23)3-8-19(18)31-2/h3-8,10,14H,9,11-12H2,1-2H3,(H,24,27)(H,25,28)/t14-/m1/s1. The zero-order valence-corrected chi connectivity index (χ0v) is 18.3. The molecule has 0 spiro atoms. The number of esters is 1. The summed E-state index contributed by atoms with van der Waals surface area (Å²) >= 11 is 6.03. The Balaban J connectivity index is 1.53. The first-order valence-electron chi connectivity index (χ1n) is 9.75. The third-order valence-corrected chi connectivity index (χ3v) is 4.96. The van der Waals surface area contributed by atoms with Crippen LogP contribution in [-0.4, -0.2) is 44.0 Å². The van der Waals surface area contributed by atoms with Gasteiger partial charge in [0.25, 0.3) is 5.91 Å². The van der Waals surface area contributed by atoms with Crippen molar-refractivity contribution >= 4 is 52.4 Å². The molecule has 32 heavy (non-hydrogen) atoms. The van der Waals surface area contributed by atoms with E-state index in [1.54, 1.807) is 42.5 Å². The molecule has 0 aliphatic carbocycles. The molecule has 3 amide bonds. The van der Waals surface area contributed by atoms with Crippen molar-refractivity contribution in [1.29, 1.82) is 0 Å². The minimum absolute atomic E-state index is 0.0409. The largest absolute Gasteiger partial charge is 0.495 e. The lowest BCUT2D eigenvalue weighted by atomic mass is 10.1. The van der Waals surface area contributed by atoms with Crippen LogP contribution < -0.4 is 20.3 Å². The van der Waals surface area contributed by atoms with Crippen LogP contribution >= 0.6 is 11.6 Å². The van der Waals surface area contributed by atoms with Crippen LogP contribution in [0.25, 0.3) is 0 Å². The van der Waals surface area contributed by atoms with Crippen molar-refractivity contribution in [3.05, 3.63) is 47.5 Å². The number of nitrogens with zero attached hydrogens (tertiary/aromatic N) is 1. The van der Waals surface area contributed by atoms with Gasteiger partial charge in [-0.2, -0.15) is 0 Å². The van der Waals surface area contributed by atoms with Crippen molar-refractivity contribution in [2.45, 2.75) is 13.3 Å². The van der Waals surface area contributed by atoms with Crippen molar-refractivity contribution in [3.8, 4) is 5.75 Å². The van der Waals surface area contributed by atoms with Gasteiger partial charge in [0.2, 0.25) is 11.8 Å². The first-order chi connectivity index (χ1) is 15.3. The zero-order chi connectivity index (χ0) is 23.3. The fraction of sp³-hybridized carbons (Fsp3) is 0.273. The molecule has 2 aromatic rings. The lowest BCUT2D eigenvalue weighted by Crippen LogP contribution is -2.28. The van der Waals surface area contributed by atoms with Crippen LogP contribution in [-0.2, 0) is 23.9 Å². The summed E-state index contributed by atoms with van der Waals surface area (Å²) in [4.78, 5) is 49.4. The number of carbonyl (C=O) groups is 4. The number of amides is 3. The Labute approximate surface area is 189 Å². The highest BCUT2D eigenvalue weighted by Gasteiger charge is 2.37. The highest BCUT2D eigenvalue weighted by Crippen LogP contribution is 2.35.